The van der Waals surface area contributed by atoms with E-state index in [2.05, 4.69) is 0 Å². The molecule has 0 radical (unpaired) electrons. The van der Waals surface area contributed by atoms with E-state index in [9.17, 15) is 9.50 Å². The van der Waals surface area contributed by atoms with E-state index in [0.717, 1.165) is 5.56 Å². The molecule has 1 atom stereocenters. The molecule has 0 fully saturated rings. The van der Waals surface area contributed by atoms with Crippen molar-refractivity contribution in [3.8, 4) is 5.75 Å². The molecule has 0 saturated carbocycles. The Bertz CT molecular complexity index is 577. The van der Waals surface area contributed by atoms with E-state index in [4.69, 9.17) is 4.74 Å². The van der Waals surface area contributed by atoms with Crippen LogP contribution >= 0.6 is 0 Å². The fourth-order valence-corrected chi connectivity index (χ4v) is 1.78. The zero-order valence-electron chi connectivity index (χ0n) is 11.3. The molecule has 2 rings (SSSR count). The van der Waals surface area contributed by atoms with Gasteiger partial charge in [0.2, 0.25) is 0 Å². The molecule has 20 heavy (non-hydrogen) atoms. The van der Waals surface area contributed by atoms with Crippen molar-refractivity contribution in [2.24, 2.45) is 0 Å². The number of aliphatic hydroxyl groups excluding tert-OH is 1. The summed E-state index contributed by atoms with van der Waals surface area (Å²) in [7, 11) is 0. The van der Waals surface area contributed by atoms with Crippen molar-refractivity contribution in [3.63, 3.8) is 0 Å². The Morgan fingerprint density at radius 2 is 1.95 bits per heavy atom. The molecular weight excluding hydrogens is 255 g/mol. The van der Waals surface area contributed by atoms with Gasteiger partial charge >= 0.3 is 0 Å². The molecule has 0 heterocycles. The Kier molecular flexibility index (Phi) is 4.91. The van der Waals surface area contributed by atoms with Gasteiger partial charge in [-0.3, -0.25) is 0 Å². The third-order valence-electron chi connectivity index (χ3n) is 2.88. The van der Waals surface area contributed by atoms with Crippen LogP contribution in [0.25, 0.3) is 6.08 Å². The number of hydrogen-bond donors (Lipinski definition) is 1. The van der Waals surface area contributed by atoms with Crippen LogP contribution in [0.1, 0.15) is 24.2 Å². The molecule has 0 aliphatic carbocycles. The summed E-state index contributed by atoms with van der Waals surface area (Å²) in [5, 5.41) is 9.36. The topological polar surface area (TPSA) is 29.5 Å². The summed E-state index contributed by atoms with van der Waals surface area (Å²) in [5.41, 5.74) is 1.61. The van der Waals surface area contributed by atoms with E-state index in [1.807, 2.05) is 42.5 Å². The zero-order valence-corrected chi connectivity index (χ0v) is 11.3. The van der Waals surface area contributed by atoms with Crippen LogP contribution in [0.15, 0.2) is 54.6 Å². The third kappa shape index (κ3) is 3.93. The Balaban J connectivity index is 1.93. The average Bonchev–Trinajstić information content (AvgIpc) is 2.46. The molecule has 0 amide bonds. The molecule has 104 valence electrons. The average molecular weight is 272 g/mol. The standard InChI is InChI=1S/C17H17FO2/c1-13(19)15-9-10-17(16(18)12-15)20-11-5-8-14-6-3-2-4-7-14/h2-10,12-13,19H,11H2,1H3/b8-5+/t13-/m0/s1. The SMILES string of the molecule is C[C@H](O)c1ccc(OC/C=C/c2ccccc2)c(F)c1. The highest BCUT2D eigenvalue weighted by atomic mass is 19.1. The normalized spacial score (nSPS) is 12.6. The van der Waals surface area contributed by atoms with Gasteiger partial charge in [0.25, 0.3) is 0 Å². The molecular formula is C17H17FO2. The first-order chi connectivity index (χ1) is 9.66. The van der Waals surface area contributed by atoms with Crippen molar-refractivity contribution in [2.75, 3.05) is 6.61 Å². The second-order valence-corrected chi connectivity index (χ2v) is 4.49. The lowest BCUT2D eigenvalue weighted by molar-refractivity contribution is 0.198. The Morgan fingerprint density at radius 1 is 1.20 bits per heavy atom. The molecule has 0 bridgehead atoms. The van der Waals surface area contributed by atoms with Gasteiger partial charge in [0, 0.05) is 0 Å². The lowest BCUT2D eigenvalue weighted by Gasteiger charge is -2.08. The van der Waals surface area contributed by atoms with Crippen molar-refractivity contribution in [1.29, 1.82) is 0 Å². The molecule has 1 N–H and O–H groups in total. The zero-order chi connectivity index (χ0) is 14.4. The number of benzene rings is 2. The summed E-state index contributed by atoms with van der Waals surface area (Å²) in [4.78, 5) is 0. The molecule has 0 aliphatic rings. The van der Waals surface area contributed by atoms with E-state index < -0.39 is 11.9 Å². The quantitative estimate of drug-likeness (QED) is 0.892. The second-order valence-electron chi connectivity index (χ2n) is 4.49. The number of rotatable bonds is 5. The van der Waals surface area contributed by atoms with Crippen LogP contribution in [0.3, 0.4) is 0 Å². The number of aliphatic hydroxyl groups is 1. The Morgan fingerprint density at radius 3 is 2.60 bits per heavy atom. The van der Waals surface area contributed by atoms with Gasteiger partial charge in [-0.25, -0.2) is 4.39 Å². The minimum atomic E-state index is -0.684. The Hall–Kier alpha value is -2.13. The molecule has 0 aromatic heterocycles. The number of halogens is 1. The predicted molar refractivity (Wildman–Crippen MR) is 78.0 cm³/mol. The monoisotopic (exact) mass is 272 g/mol. The maximum atomic E-state index is 13.7. The molecule has 0 aliphatic heterocycles. The number of hydrogen-bond acceptors (Lipinski definition) is 2. The number of ether oxygens (including phenoxy) is 1. The molecule has 0 saturated heterocycles. The highest BCUT2D eigenvalue weighted by Gasteiger charge is 2.07. The maximum Gasteiger partial charge on any atom is 0.165 e. The largest absolute Gasteiger partial charge is 0.486 e. The summed E-state index contributed by atoms with van der Waals surface area (Å²) in [6.07, 6.45) is 3.07. The summed E-state index contributed by atoms with van der Waals surface area (Å²) >= 11 is 0. The first-order valence-corrected chi connectivity index (χ1v) is 6.48. The van der Waals surface area contributed by atoms with Crippen LogP contribution in [-0.4, -0.2) is 11.7 Å². The summed E-state index contributed by atoms with van der Waals surface area (Å²) < 4.78 is 19.1. The fourth-order valence-electron chi connectivity index (χ4n) is 1.78. The lowest BCUT2D eigenvalue weighted by Crippen LogP contribution is -1.98. The summed E-state index contributed by atoms with van der Waals surface area (Å²) in [6, 6.07) is 14.3. The molecule has 2 aromatic carbocycles. The molecule has 2 nitrogen and oxygen atoms in total. The van der Waals surface area contributed by atoms with Crippen LogP contribution < -0.4 is 4.74 Å². The highest BCUT2D eigenvalue weighted by molar-refractivity contribution is 5.48. The van der Waals surface area contributed by atoms with Crippen molar-refractivity contribution < 1.29 is 14.2 Å². The highest BCUT2D eigenvalue weighted by Crippen LogP contribution is 2.21. The van der Waals surface area contributed by atoms with Gasteiger partial charge in [-0.05, 0) is 36.3 Å². The summed E-state index contributed by atoms with van der Waals surface area (Å²) in [6.45, 7) is 1.89. The molecule has 0 unspecified atom stereocenters. The maximum absolute atomic E-state index is 13.7. The van der Waals surface area contributed by atoms with Gasteiger partial charge in [-0.2, -0.15) is 0 Å². The van der Waals surface area contributed by atoms with E-state index in [1.165, 1.54) is 12.1 Å². The minimum Gasteiger partial charge on any atom is -0.486 e. The first-order valence-electron chi connectivity index (χ1n) is 6.48. The van der Waals surface area contributed by atoms with Gasteiger partial charge in [-0.1, -0.05) is 42.5 Å². The van der Waals surface area contributed by atoms with E-state index in [1.54, 1.807) is 13.0 Å². The summed E-state index contributed by atoms with van der Waals surface area (Å²) in [5.74, 6) is -0.274. The van der Waals surface area contributed by atoms with Crippen LogP contribution in [0.4, 0.5) is 4.39 Å². The van der Waals surface area contributed by atoms with Crippen molar-refractivity contribution in [1.82, 2.24) is 0 Å². The second kappa shape index (κ2) is 6.87. The third-order valence-corrected chi connectivity index (χ3v) is 2.88. The van der Waals surface area contributed by atoms with Crippen LogP contribution in [0.2, 0.25) is 0 Å². The van der Waals surface area contributed by atoms with Crippen LogP contribution in [-0.2, 0) is 0 Å². The van der Waals surface area contributed by atoms with Gasteiger partial charge < -0.3 is 9.84 Å². The van der Waals surface area contributed by atoms with Gasteiger partial charge in [0.05, 0.1) is 6.10 Å². The Labute approximate surface area is 118 Å². The van der Waals surface area contributed by atoms with Crippen molar-refractivity contribution >= 4 is 6.08 Å². The van der Waals surface area contributed by atoms with Gasteiger partial charge in [0.15, 0.2) is 11.6 Å². The minimum absolute atomic E-state index is 0.187. The van der Waals surface area contributed by atoms with Crippen molar-refractivity contribution in [3.05, 3.63) is 71.6 Å². The van der Waals surface area contributed by atoms with Crippen LogP contribution in [0.5, 0.6) is 5.75 Å². The van der Waals surface area contributed by atoms with Crippen LogP contribution in [0, 0.1) is 5.82 Å². The van der Waals surface area contributed by atoms with E-state index >= 15 is 0 Å². The first kappa shape index (κ1) is 14.3. The van der Waals surface area contributed by atoms with E-state index in [0.29, 0.717) is 12.2 Å². The smallest absolute Gasteiger partial charge is 0.165 e. The predicted octanol–water partition coefficient (Wildman–Crippen LogP) is 3.97. The fraction of sp³-hybridized carbons (Fsp3) is 0.176. The van der Waals surface area contributed by atoms with Crippen molar-refractivity contribution in [2.45, 2.75) is 13.0 Å². The van der Waals surface area contributed by atoms with Gasteiger partial charge in [0.1, 0.15) is 6.61 Å². The van der Waals surface area contributed by atoms with E-state index in [-0.39, 0.29) is 5.75 Å². The lowest BCUT2D eigenvalue weighted by atomic mass is 10.1. The molecule has 0 spiro atoms. The van der Waals surface area contributed by atoms with Gasteiger partial charge in [-0.15, -0.1) is 0 Å². The molecule has 3 heteroatoms. The molecule has 2 aromatic rings.